The van der Waals surface area contributed by atoms with Gasteiger partial charge in [-0.2, -0.15) is 0 Å². The lowest BCUT2D eigenvalue weighted by molar-refractivity contribution is 0.546. The Bertz CT molecular complexity index is 94.7. The molecule has 46 valence electrons. The van der Waals surface area contributed by atoms with E-state index < -0.39 is 0 Å². The Kier molecular flexibility index (Phi) is 4.19. The molecule has 0 aromatic rings. The maximum atomic E-state index is 9.53. The van der Waals surface area contributed by atoms with Crippen LogP contribution in [0.15, 0.2) is 4.99 Å². The van der Waals surface area contributed by atoms with Crippen molar-refractivity contribution in [1.82, 2.24) is 0 Å². The highest BCUT2D eigenvalue weighted by Gasteiger charge is 1.93. The molecule has 0 bridgehead atoms. The summed E-state index contributed by atoms with van der Waals surface area (Å²) >= 11 is 0. The van der Waals surface area contributed by atoms with Gasteiger partial charge < -0.3 is 0 Å². The number of nitrogens with zero attached hydrogens (tertiary/aromatic N) is 1. The molecule has 0 spiro atoms. The highest BCUT2D eigenvalue weighted by Crippen LogP contribution is 1.98. The Morgan fingerprint density at radius 1 is 1.75 bits per heavy atom. The molecule has 0 aliphatic heterocycles. The quantitative estimate of drug-likeness (QED) is 0.401. The molecule has 2 nitrogen and oxygen atoms in total. The Morgan fingerprint density at radius 2 is 2.38 bits per heavy atom. The molecule has 0 saturated heterocycles. The Morgan fingerprint density at radius 3 is 2.75 bits per heavy atom. The second-order valence-electron chi connectivity index (χ2n) is 1.95. The van der Waals surface area contributed by atoms with E-state index in [-0.39, 0.29) is 0 Å². The summed E-state index contributed by atoms with van der Waals surface area (Å²) in [5.74, 6) is 0.524. The predicted octanol–water partition coefficient (Wildman–Crippen LogP) is 1.37. The maximum Gasteiger partial charge on any atom is 0.234 e. The first kappa shape index (κ1) is 7.38. The fraction of sp³-hybridized carbons (Fsp3) is 0.833. The average Bonchev–Trinajstić information content (AvgIpc) is 1.83. The molecular weight excluding hydrogens is 102 g/mol. The van der Waals surface area contributed by atoms with Crippen LogP contribution in [0.3, 0.4) is 0 Å². The number of rotatable bonds is 3. The number of aliphatic imine (C=N–C) groups is 1. The zero-order valence-electron chi connectivity index (χ0n) is 5.35. The Labute approximate surface area is 49.6 Å². The van der Waals surface area contributed by atoms with Crippen molar-refractivity contribution < 1.29 is 4.79 Å². The van der Waals surface area contributed by atoms with E-state index in [1.54, 1.807) is 0 Å². The topological polar surface area (TPSA) is 29.4 Å². The molecule has 8 heavy (non-hydrogen) atoms. The number of hydrogen-bond acceptors (Lipinski definition) is 2. The van der Waals surface area contributed by atoms with Gasteiger partial charge in [0.1, 0.15) is 0 Å². The smallest absolute Gasteiger partial charge is 0.211 e. The normalized spacial score (nSPS) is 12.2. The fourth-order valence-electron chi connectivity index (χ4n) is 0.322. The van der Waals surface area contributed by atoms with E-state index in [0.717, 1.165) is 6.42 Å². The van der Waals surface area contributed by atoms with Gasteiger partial charge in [0, 0.05) is 0 Å². The molecule has 0 rings (SSSR count). The third-order valence-corrected chi connectivity index (χ3v) is 1.16. The summed E-state index contributed by atoms with van der Waals surface area (Å²) in [6, 6.07) is 0. The molecule has 0 N–H and O–H groups in total. The maximum absolute atomic E-state index is 9.53. The van der Waals surface area contributed by atoms with Crippen LogP contribution in [0.25, 0.3) is 0 Å². The number of isocyanates is 1. The van der Waals surface area contributed by atoms with E-state index in [1.165, 1.54) is 6.08 Å². The third kappa shape index (κ3) is 3.57. The summed E-state index contributed by atoms with van der Waals surface area (Å²) in [4.78, 5) is 13.0. The van der Waals surface area contributed by atoms with Gasteiger partial charge in [0.2, 0.25) is 6.08 Å². The standard InChI is InChI=1S/C6H11NO/c1-3-6(2)4-7-5-8/h6H,3-4H2,1-2H3/t6-/m0/s1. The summed E-state index contributed by atoms with van der Waals surface area (Å²) in [5.41, 5.74) is 0. The SMILES string of the molecule is CC[C@H](C)CN=C=O. The van der Waals surface area contributed by atoms with Gasteiger partial charge in [-0.1, -0.05) is 20.3 Å². The van der Waals surface area contributed by atoms with Crippen molar-refractivity contribution in [3.8, 4) is 0 Å². The van der Waals surface area contributed by atoms with Gasteiger partial charge in [-0.05, 0) is 5.92 Å². The van der Waals surface area contributed by atoms with E-state index in [0.29, 0.717) is 12.5 Å². The predicted molar refractivity (Wildman–Crippen MR) is 32.4 cm³/mol. The van der Waals surface area contributed by atoms with Crippen LogP contribution in [-0.2, 0) is 4.79 Å². The summed E-state index contributed by atoms with van der Waals surface area (Å²) < 4.78 is 0. The van der Waals surface area contributed by atoms with Gasteiger partial charge >= 0.3 is 0 Å². The molecule has 0 aromatic heterocycles. The van der Waals surface area contributed by atoms with Crippen LogP contribution in [0.2, 0.25) is 0 Å². The second-order valence-corrected chi connectivity index (χ2v) is 1.95. The van der Waals surface area contributed by atoms with Crippen molar-refractivity contribution in [3.05, 3.63) is 0 Å². The van der Waals surface area contributed by atoms with Gasteiger partial charge in [0.15, 0.2) is 0 Å². The molecule has 0 heterocycles. The van der Waals surface area contributed by atoms with E-state index in [4.69, 9.17) is 0 Å². The molecule has 1 atom stereocenters. The van der Waals surface area contributed by atoms with Gasteiger partial charge in [-0.3, -0.25) is 0 Å². The van der Waals surface area contributed by atoms with Gasteiger partial charge in [-0.15, -0.1) is 0 Å². The van der Waals surface area contributed by atoms with Gasteiger partial charge in [0.25, 0.3) is 0 Å². The molecule has 0 aromatic carbocycles. The lowest BCUT2D eigenvalue weighted by Gasteiger charge is -1.98. The molecule has 0 saturated carbocycles. The van der Waals surface area contributed by atoms with Crippen LogP contribution in [0.4, 0.5) is 0 Å². The molecule has 0 aliphatic carbocycles. The van der Waals surface area contributed by atoms with Crippen molar-refractivity contribution in [2.24, 2.45) is 10.9 Å². The number of carbonyl (C=O) groups excluding carboxylic acids is 1. The minimum Gasteiger partial charge on any atom is -0.211 e. The Hall–Kier alpha value is -0.620. The van der Waals surface area contributed by atoms with Crippen LogP contribution >= 0.6 is 0 Å². The zero-order chi connectivity index (χ0) is 6.41. The fourth-order valence-corrected chi connectivity index (χ4v) is 0.322. The second kappa shape index (κ2) is 4.54. The van der Waals surface area contributed by atoms with Gasteiger partial charge in [-0.25, -0.2) is 9.79 Å². The van der Waals surface area contributed by atoms with Crippen molar-refractivity contribution in [2.45, 2.75) is 20.3 Å². The van der Waals surface area contributed by atoms with Crippen molar-refractivity contribution in [3.63, 3.8) is 0 Å². The zero-order valence-corrected chi connectivity index (χ0v) is 5.35. The highest BCUT2D eigenvalue weighted by atomic mass is 16.1. The summed E-state index contributed by atoms with van der Waals surface area (Å²) in [7, 11) is 0. The first-order valence-corrected chi connectivity index (χ1v) is 2.84. The molecule has 0 fully saturated rings. The van der Waals surface area contributed by atoms with Crippen molar-refractivity contribution in [2.75, 3.05) is 6.54 Å². The summed E-state index contributed by atoms with van der Waals surface area (Å²) in [6.45, 7) is 4.76. The molecular formula is C6H11NO. The van der Waals surface area contributed by atoms with E-state index in [1.807, 2.05) is 0 Å². The monoisotopic (exact) mass is 113 g/mol. The minimum absolute atomic E-state index is 0.524. The van der Waals surface area contributed by atoms with Crippen LogP contribution in [0.1, 0.15) is 20.3 Å². The highest BCUT2D eigenvalue weighted by molar-refractivity contribution is 5.32. The molecule has 0 radical (unpaired) electrons. The molecule has 0 aliphatic rings. The first-order chi connectivity index (χ1) is 3.81. The first-order valence-electron chi connectivity index (χ1n) is 2.84. The van der Waals surface area contributed by atoms with Crippen molar-refractivity contribution >= 4 is 6.08 Å². The third-order valence-electron chi connectivity index (χ3n) is 1.16. The summed E-state index contributed by atoms with van der Waals surface area (Å²) in [5, 5.41) is 0. The van der Waals surface area contributed by atoms with E-state index >= 15 is 0 Å². The lowest BCUT2D eigenvalue weighted by atomic mass is 10.1. The molecule has 2 heteroatoms. The van der Waals surface area contributed by atoms with Crippen LogP contribution in [-0.4, -0.2) is 12.6 Å². The number of hydrogen-bond donors (Lipinski definition) is 0. The largest absolute Gasteiger partial charge is 0.234 e. The minimum atomic E-state index is 0.524. The summed E-state index contributed by atoms with van der Waals surface area (Å²) in [6.07, 6.45) is 2.58. The molecule has 0 amide bonds. The van der Waals surface area contributed by atoms with Crippen molar-refractivity contribution in [1.29, 1.82) is 0 Å². The van der Waals surface area contributed by atoms with E-state index in [9.17, 15) is 4.79 Å². The van der Waals surface area contributed by atoms with Crippen LogP contribution < -0.4 is 0 Å². The van der Waals surface area contributed by atoms with E-state index in [2.05, 4.69) is 18.8 Å². The van der Waals surface area contributed by atoms with Crippen LogP contribution in [0, 0.1) is 5.92 Å². The molecule has 0 unspecified atom stereocenters. The Balaban J connectivity index is 3.23. The lowest BCUT2D eigenvalue weighted by Crippen LogP contribution is -1.95. The van der Waals surface area contributed by atoms with Crippen LogP contribution in [0.5, 0.6) is 0 Å². The van der Waals surface area contributed by atoms with Gasteiger partial charge in [0.05, 0.1) is 6.54 Å². The average molecular weight is 113 g/mol.